The predicted molar refractivity (Wildman–Crippen MR) is 42.7 cm³/mol. The molecule has 0 aromatic rings. The molecule has 0 fully saturated rings. The number of Topliss-reactive ketones (excluding diaryl/α,β-unsaturated/α-hetero) is 1. The second kappa shape index (κ2) is 2.56. The van der Waals surface area contributed by atoms with Crippen molar-refractivity contribution in [3.63, 3.8) is 0 Å². The van der Waals surface area contributed by atoms with Crippen molar-refractivity contribution in [2.24, 2.45) is 5.41 Å². The first kappa shape index (κ1) is 8.76. The van der Waals surface area contributed by atoms with Gasteiger partial charge < -0.3 is 0 Å². The molecule has 1 nitrogen and oxygen atoms in total. The van der Waals surface area contributed by atoms with Crippen LogP contribution in [-0.4, -0.2) is 10.6 Å². The van der Waals surface area contributed by atoms with Gasteiger partial charge in [-0.1, -0.05) is 33.0 Å². The standard InChI is InChI=1S/C7H12OS/c1-5(9)6(8)7(2,3)4/h1-4H3. The predicted octanol–water partition coefficient (Wildman–Crippen LogP) is 1.99. The van der Waals surface area contributed by atoms with Crippen LogP contribution in [0, 0.1) is 5.41 Å². The van der Waals surface area contributed by atoms with Crippen LogP contribution in [0.2, 0.25) is 0 Å². The molecule has 0 aromatic carbocycles. The maximum atomic E-state index is 11.0. The average Bonchev–Trinajstić information content (AvgIpc) is 1.62. The van der Waals surface area contributed by atoms with E-state index in [4.69, 9.17) is 12.2 Å². The Balaban J connectivity index is 4.23. The van der Waals surface area contributed by atoms with Crippen molar-refractivity contribution in [2.75, 3.05) is 0 Å². The van der Waals surface area contributed by atoms with Crippen molar-refractivity contribution in [1.29, 1.82) is 0 Å². The minimum Gasteiger partial charge on any atom is -0.293 e. The number of ketones is 1. The second-order valence-electron chi connectivity index (χ2n) is 3.14. The lowest BCUT2D eigenvalue weighted by atomic mass is 9.89. The largest absolute Gasteiger partial charge is 0.293 e. The first-order valence-electron chi connectivity index (χ1n) is 2.91. The fourth-order valence-corrected chi connectivity index (χ4v) is 0.834. The molecule has 52 valence electrons. The third-order valence-corrected chi connectivity index (χ3v) is 1.19. The number of rotatable bonds is 1. The van der Waals surface area contributed by atoms with Crippen molar-refractivity contribution >= 4 is 22.9 Å². The topological polar surface area (TPSA) is 17.1 Å². The summed E-state index contributed by atoms with van der Waals surface area (Å²) >= 11 is 4.72. The average molecular weight is 144 g/mol. The molecule has 0 radical (unpaired) electrons. The summed E-state index contributed by atoms with van der Waals surface area (Å²) in [5, 5.41) is 0. The zero-order valence-electron chi connectivity index (χ0n) is 6.32. The van der Waals surface area contributed by atoms with Gasteiger partial charge in [-0.2, -0.15) is 0 Å². The van der Waals surface area contributed by atoms with E-state index >= 15 is 0 Å². The van der Waals surface area contributed by atoms with Gasteiger partial charge in [-0.3, -0.25) is 4.79 Å². The van der Waals surface area contributed by atoms with Crippen LogP contribution in [0.4, 0.5) is 0 Å². The molecule has 0 atom stereocenters. The monoisotopic (exact) mass is 144 g/mol. The molecule has 9 heavy (non-hydrogen) atoms. The summed E-state index contributed by atoms with van der Waals surface area (Å²) in [5.74, 6) is 0.0671. The molecule has 0 N–H and O–H groups in total. The highest BCUT2D eigenvalue weighted by Crippen LogP contribution is 2.14. The Bertz CT molecular complexity index is 141. The molecule has 0 aliphatic rings. The zero-order valence-corrected chi connectivity index (χ0v) is 7.13. The fourth-order valence-electron chi connectivity index (χ4n) is 0.528. The van der Waals surface area contributed by atoms with E-state index < -0.39 is 0 Å². The van der Waals surface area contributed by atoms with Gasteiger partial charge in [-0.05, 0) is 6.92 Å². The SMILES string of the molecule is CC(=S)C(=O)C(C)(C)C. The number of hydrogen-bond donors (Lipinski definition) is 0. The van der Waals surface area contributed by atoms with E-state index in [0.717, 1.165) is 0 Å². The van der Waals surface area contributed by atoms with Crippen LogP contribution >= 0.6 is 12.2 Å². The Morgan fingerprint density at radius 1 is 1.33 bits per heavy atom. The van der Waals surface area contributed by atoms with Crippen LogP contribution in [0.5, 0.6) is 0 Å². The van der Waals surface area contributed by atoms with E-state index in [0.29, 0.717) is 4.86 Å². The van der Waals surface area contributed by atoms with E-state index in [2.05, 4.69) is 0 Å². The molecule has 0 aliphatic heterocycles. The van der Waals surface area contributed by atoms with Crippen LogP contribution in [0.15, 0.2) is 0 Å². The molecule has 0 heterocycles. The van der Waals surface area contributed by atoms with E-state index in [1.165, 1.54) is 0 Å². The third kappa shape index (κ3) is 2.70. The maximum Gasteiger partial charge on any atom is 0.174 e. The molecule has 0 saturated heterocycles. The Kier molecular flexibility index (Phi) is 2.50. The van der Waals surface area contributed by atoms with E-state index in [9.17, 15) is 4.79 Å². The maximum absolute atomic E-state index is 11.0. The lowest BCUT2D eigenvalue weighted by Crippen LogP contribution is -2.25. The first-order valence-corrected chi connectivity index (χ1v) is 3.32. The fraction of sp³-hybridized carbons (Fsp3) is 0.714. The van der Waals surface area contributed by atoms with Gasteiger partial charge in [0.15, 0.2) is 5.78 Å². The summed E-state index contributed by atoms with van der Waals surface area (Å²) < 4.78 is 0. The lowest BCUT2D eigenvalue weighted by Gasteiger charge is -2.14. The summed E-state index contributed by atoms with van der Waals surface area (Å²) in [4.78, 5) is 11.5. The number of thiocarbonyl (C=S) groups is 1. The molecule has 0 saturated carbocycles. The number of carbonyl (C=O) groups excluding carboxylic acids is 1. The van der Waals surface area contributed by atoms with Gasteiger partial charge in [0.1, 0.15) is 0 Å². The highest BCUT2D eigenvalue weighted by molar-refractivity contribution is 7.82. The molecular weight excluding hydrogens is 132 g/mol. The Morgan fingerprint density at radius 3 is 1.67 bits per heavy atom. The normalized spacial score (nSPS) is 11.1. The molecule has 0 aliphatic carbocycles. The van der Waals surface area contributed by atoms with E-state index in [-0.39, 0.29) is 11.2 Å². The van der Waals surface area contributed by atoms with Gasteiger partial charge >= 0.3 is 0 Å². The molecular formula is C7H12OS. The first-order chi connectivity index (χ1) is 3.85. The van der Waals surface area contributed by atoms with Crippen molar-refractivity contribution in [2.45, 2.75) is 27.7 Å². The minimum absolute atomic E-state index is 0.0671. The quantitative estimate of drug-likeness (QED) is 0.523. The smallest absolute Gasteiger partial charge is 0.174 e. The molecule has 2 heteroatoms. The van der Waals surface area contributed by atoms with Gasteiger partial charge in [0.25, 0.3) is 0 Å². The number of carbonyl (C=O) groups is 1. The molecule has 0 rings (SSSR count). The highest BCUT2D eigenvalue weighted by Gasteiger charge is 2.21. The van der Waals surface area contributed by atoms with Gasteiger partial charge in [0.2, 0.25) is 0 Å². The molecule has 0 unspecified atom stereocenters. The summed E-state index contributed by atoms with van der Waals surface area (Å²) in [6.07, 6.45) is 0. The summed E-state index contributed by atoms with van der Waals surface area (Å²) in [5.41, 5.74) is -0.300. The van der Waals surface area contributed by atoms with Gasteiger partial charge in [-0.15, -0.1) is 0 Å². The van der Waals surface area contributed by atoms with Crippen LogP contribution < -0.4 is 0 Å². The lowest BCUT2D eigenvalue weighted by molar-refractivity contribution is -0.119. The van der Waals surface area contributed by atoms with Crippen LogP contribution in [0.3, 0.4) is 0 Å². The summed E-state index contributed by atoms with van der Waals surface area (Å²) in [6, 6.07) is 0. The summed E-state index contributed by atoms with van der Waals surface area (Å²) in [6.45, 7) is 7.27. The van der Waals surface area contributed by atoms with E-state index in [1.54, 1.807) is 6.92 Å². The van der Waals surface area contributed by atoms with E-state index in [1.807, 2.05) is 20.8 Å². The Hall–Kier alpha value is -0.240. The minimum atomic E-state index is -0.300. The van der Waals surface area contributed by atoms with Crippen LogP contribution in [0.1, 0.15) is 27.7 Å². The zero-order chi connectivity index (χ0) is 7.65. The summed E-state index contributed by atoms with van der Waals surface area (Å²) in [7, 11) is 0. The van der Waals surface area contributed by atoms with Crippen molar-refractivity contribution in [3.05, 3.63) is 0 Å². The second-order valence-corrected chi connectivity index (χ2v) is 3.75. The Morgan fingerprint density at radius 2 is 1.67 bits per heavy atom. The van der Waals surface area contributed by atoms with Gasteiger partial charge in [0, 0.05) is 5.41 Å². The number of hydrogen-bond acceptors (Lipinski definition) is 2. The molecule has 0 bridgehead atoms. The highest BCUT2D eigenvalue weighted by atomic mass is 32.1. The van der Waals surface area contributed by atoms with Crippen LogP contribution in [-0.2, 0) is 4.79 Å². The third-order valence-electron chi connectivity index (χ3n) is 1.00. The van der Waals surface area contributed by atoms with Crippen LogP contribution in [0.25, 0.3) is 0 Å². The van der Waals surface area contributed by atoms with Crippen molar-refractivity contribution < 1.29 is 4.79 Å². The van der Waals surface area contributed by atoms with Crippen molar-refractivity contribution in [3.8, 4) is 0 Å². The van der Waals surface area contributed by atoms with Crippen molar-refractivity contribution in [1.82, 2.24) is 0 Å². The van der Waals surface area contributed by atoms with Gasteiger partial charge in [0.05, 0.1) is 4.86 Å². The molecule has 0 amide bonds. The molecule has 0 aromatic heterocycles. The van der Waals surface area contributed by atoms with Gasteiger partial charge in [-0.25, -0.2) is 0 Å². The molecule has 0 spiro atoms. The Labute approximate surface area is 61.4 Å².